The largest absolute Gasteiger partial charge is 0.509 e. The highest BCUT2D eigenvalue weighted by Gasteiger charge is 2.08. The minimum Gasteiger partial charge on any atom is -0.509 e. The molecule has 0 amide bonds. The maximum Gasteiger partial charge on any atom is 0.108 e. The topological polar surface area (TPSA) is 20.2 Å². The van der Waals surface area contributed by atoms with Crippen LogP contribution in [-0.2, 0) is 0 Å². The van der Waals surface area contributed by atoms with Crippen LogP contribution in [0.5, 0.6) is 0 Å². The van der Waals surface area contributed by atoms with Gasteiger partial charge in [0.2, 0.25) is 0 Å². The summed E-state index contributed by atoms with van der Waals surface area (Å²) < 4.78 is 0. The maximum atomic E-state index is 9.33. The lowest BCUT2D eigenvalue weighted by atomic mass is 9.91. The first-order valence-electron chi connectivity index (χ1n) is 8.56. The molecular weight excluding hydrogens is 280 g/mol. The van der Waals surface area contributed by atoms with E-state index in [4.69, 9.17) is 0 Å². The van der Waals surface area contributed by atoms with E-state index in [-0.39, 0.29) is 5.76 Å². The molecule has 0 aliphatic heterocycles. The van der Waals surface area contributed by atoms with E-state index in [1.807, 2.05) is 19.1 Å². The highest BCUT2D eigenvalue weighted by Crippen LogP contribution is 2.24. The molecule has 0 spiro atoms. The van der Waals surface area contributed by atoms with Gasteiger partial charge in [0.1, 0.15) is 5.76 Å². The van der Waals surface area contributed by atoms with Crippen molar-refractivity contribution in [2.75, 3.05) is 0 Å². The van der Waals surface area contributed by atoms with Crippen LogP contribution in [0.2, 0.25) is 0 Å². The molecule has 1 N–H and O–H groups in total. The summed E-state index contributed by atoms with van der Waals surface area (Å²) in [5.41, 5.74) is 3.74. The Bertz CT molecular complexity index is 502. The van der Waals surface area contributed by atoms with Crippen LogP contribution in [0.1, 0.15) is 53.4 Å². The van der Waals surface area contributed by atoms with Crippen molar-refractivity contribution in [3.05, 3.63) is 72.6 Å². The van der Waals surface area contributed by atoms with Crippen molar-refractivity contribution in [1.29, 1.82) is 0 Å². The Morgan fingerprint density at radius 1 is 1.00 bits per heavy atom. The second kappa shape index (κ2) is 10.9. The van der Waals surface area contributed by atoms with Crippen LogP contribution >= 0.6 is 0 Å². The molecule has 0 heterocycles. The molecule has 0 fully saturated rings. The first kappa shape index (κ1) is 21.2. The van der Waals surface area contributed by atoms with E-state index >= 15 is 0 Å². The molecule has 1 heteroatoms. The van der Waals surface area contributed by atoms with Gasteiger partial charge in [-0.3, -0.25) is 0 Å². The van der Waals surface area contributed by atoms with E-state index in [2.05, 4.69) is 47.1 Å². The number of rotatable bonds is 11. The lowest BCUT2D eigenvalue weighted by Crippen LogP contribution is -2.01. The molecule has 0 aliphatic rings. The fourth-order valence-electron chi connectivity index (χ4n) is 2.21. The van der Waals surface area contributed by atoms with E-state index in [0.717, 1.165) is 41.1 Å². The maximum absolute atomic E-state index is 9.33. The Morgan fingerprint density at radius 3 is 2.09 bits per heavy atom. The number of aliphatic hydroxyl groups is 1. The van der Waals surface area contributed by atoms with Crippen LogP contribution < -0.4 is 0 Å². The van der Waals surface area contributed by atoms with Gasteiger partial charge in [-0.15, -0.1) is 0 Å². The highest BCUT2D eigenvalue weighted by atomic mass is 16.3. The zero-order valence-corrected chi connectivity index (χ0v) is 15.5. The molecule has 0 saturated heterocycles. The van der Waals surface area contributed by atoms with Gasteiger partial charge in [0, 0.05) is 0 Å². The van der Waals surface area contributed by atoms with Crippen molar-refractivity contribution >= 4 is 0 Å². The van der Waals surface area contributed by atoms with Gasteiger partial charge in [0.15, 0.2) is 0 Å². The predicted molar refractivity (Wildman–Crippen MR) is 105 cm³/mol. The first-order valence-corrected chi connectivity index (χ1v) is 8.56. The SMILES string of the molecule is C=C(O)/C=C(/CC)C(=C)C(=C)/C=C\C(=C)C(C)CCC(C)CC. The van der Waals surface area contributed by atoms with Gasteiger partial charge in [0.25, 0.3) is 0 Å². The summed E-state index contributed by atoms with van der Waals surface area (Å²) in [7, 11) is 0. The highest BCUT2D eigenvalue weighted by molar-refractivity contribution is 5.50. The third kappa shape index (κ3) is 8.44. The van der Waals surface area contributed by atoms with Crippen molar-refractivity contribution in [1.82, 2.24) is 0 Å². The molecule has 2 unspecified atom stereocenters. The molecule has 0 aliphatic carbocycles. The van der Waals surface area contributed by atoms with Gasteiger partial charge in [-0.05, 0) is 47.5 Å². The molecule has 1 nitrogen and oxygen atoms in total. The monoisotopic (exact) mass is 314 g/mol. The van der Waals surface area contributed by atoms with Gasteiger partial charge < -0.3 is 5.11 Å². The van der Waals surface area contributed by atoms with E-state index in [9.17, 15) is 5.11 Å². The summed E-state index contributed by atoms with van der Waals surface area (Å²) in [6.07, 6.45) is 10.1. The zero-order chi connectivity index (χ0) is 18.0. The van der Waals surface area contributed by atoms with Crippen molar-refractivity contribution < 1.29 is 5.11 Å². The van der Waals surface area contributed by atoms with Crippen LogP contribution in [0.3, 0.4) is 0 Å². The Kier molecular flexibility index (Phi) is 10.0. The van der Waals surface area contributed by atoms with Crippen LogP contribution in [0.15, 0.2) is 72.6 Å². The van der Waals surface area contributed by atoms with Gasteiger partial charge in [0.05, 0.1) is 0 Å². The molecule has 0 radical (unpaired) electrons. The normalized spacial score (nSPS) is 14.5. The third-order valence-electron chi connectivity index (χ3n) is 4.42. The molecule has 0 aromatic carbocycles. The first-order chi connectivity index (χ1) is 10.7. The summed E-state index contributed by atoms with van der Waals surface area (Å²) in [5.74, 6) is 1.29. The molecule has 0 aromatic heterocycles. The smallest absolute Gasteiger partial charge is 0.108 e. The fraction of sp³-hybridized carbons (Fsp3) is 0.455. The van der Waals surface area contributed by atoms with Crippen molar-refractivity contribution in [3.63, 3.8) is 0 Å². The quantitative estimate of drug-likeness (QED) is 0.319. The molecule has 23 heavy (non-hydrogen) atoms. The van der Waals surface area contributed by atoms with E-state index in [1.165, 1.54) is 12.8 Å². The molecule has 2 atom stereocenters. The Balaban J connectivity index is 4.69. The van der Waals surface area contributed by atoms with E-state index in [0.29, 0.717) is 5.92 Å². The summed E-state index contributed by atoms with van der Waals surface area (Å²) in [5, 5.41) is 9.33. The zero-order valence-electron chi connectivity index (χ0n) is 15.5. The van der Waals surface area contributed by atoms with Gasteiger partial charge in [-0.2, -0.15) is 0 Å². The lowest BCUT2D eigenvalue weighted by Gasteiger charge is -2.15. The Morgan fingerprint density at radius 2 is 1.61 bits per heavy atom. The van der Waals surface area contributed by atoms with Gasteiger partial charge in [-0.1, -0.05) is 84.6 Å². The average Bonchev–Trinajstić information content (AvgIpc) is 2.53. The number of hydrogen-bond acceptors (Lipinski definition) is 1. The van der Waals surface area contributed by atoms with Crippen molar-refractivity contribution in [2.24, 2.45) is 11.8 Å². The number of aliphatic hydroxyl groups excluding tert-OH is 1. The molecule has 128 valence electrons. The van der Waals surface area contributed by atoms with E-state index in [1.54, 1.807) is 6.08 Å². The standard InChI is InChI=1S/C22H34O/c1-9-16(3)11-12-17(4)18(5)13-14-19(6)21(8)22(10-2)15-20(7)23/h13-17,23H,5-12H2,1-4H3/b14-13-,22-15-. The lowest BCUT2D eigenvalue weighted by molar-refractivity contribution is 0.434. The second-order valence-corrected chi connectivity index (χ2v) is 6.42. The molecule has 0 bridgehead atoms. The minimum atomic E-state index is 0.0443. The van der Waals surface area contributed by atoms with Crippen molar-refractivity contribution in [3.8, 4) is 0 Å². The minimum absolute atomic E-state index is 0.0443. The number of hydrogen-bond donors (Lipinski definition) is 1. The summed E-state index contributed by atoms with van der Waals surface area (Å²) in [6.45, 7) is 24.6. The van der Waals surface area contributed by atoms with Crippen LogP contribution in [0.4, 0.5) is 0 Å². The predicted octanol–water partition coefficient (Wildman–Crippen LogP) is 7.08. The molecular formula is C22H34O. The molecule has 0 saturated carbocycles. The van der Waals surface area contributed by atoms with Crippen molar-refractivity contribution in [2.45, 2.75) is 53.4 Å². The van der Waals surface area contributed by atoms with Crippen LogP contribution in [-0.4, -0.2) is 5.11 Å². The Labute approximate surface area is 143 Å². The fourth-order valence-corrected chi connectivity index (χ4v) is 2.21. The Hall–Kier alpha value is -1.76. The van der Waals surface area contributed by atoms with Crippen LogP contribution in [0.25, 0.3) is 0 Å². The number of allylic oxidation sites excluding steroid dienone is 7. The summed E-state index contributed by atoms with van der Waals surface area (Å²) in [6, 6.07) is 0. The molecule has 0 rings (SSSR count). The second-order valence-electron chi connectivity index (χ2n) is 6.42. The molecule has 0 aromatic rings. The summed E-state index contributed by atoms with van der Waals surface area (Å²) in [4.78, 5) is 0. The van der Waals surface area contributed by atoms with Crippen LogP contribution in [0, 0.1) is 11.8 Å². The summed E-state index contributed by atoms with van der Waals surface area (Å²) >= 11 is 0. The van der Waals surface area contributed by atoms with E-state index < -0.39 is 0 Å². The third-order valence-corrected chi connectivity index (χ3v) is 4.42. The van der Waals surface area contributed by atoms with Gasteiger partial charge in [-0.25, -0.2) is 0 Å². The average molecular weight is 315 g/mol. The van der Waals surface area contributed by atoms with Gasteiger partial charge >= 0.3 is 0 Å².